The Kier molecular flexibility index (Phi) is 7.41. The molecule has 1 aromatic heterocycles. The van der Waals surface area contributed by atoms with Gasteiger partial charge in [0.15, 0.2) is 5.69 Å². The first-order valence-corrected chi connectivity index (χ1v) is 10.6. The molecule has 178 valence electrons. The standard InChI is InChI=1S/C23H20ClF3N4O3/c1-3-9-28-21(33)17-8-7-15(24)12-18(17)29-22(34)20-19(32)10-13(2)31(30-20)16-6-4-5-14(11-16)23(25,26)27/h4-8,10-12H,3,9H2,1-2H3,(H,28,33)(H,29,34). The highest BCUT2D eigenvalue weighted by Gasteiger charge is 2.30. The number of nitrogens with zero attached hydrogens (tertiary/aromatic N) is 2. The van der Waals surface area contributed by atoms with Crippen molar-refractivity contribution in [3.63, 3.8) is 0 Å². The number of carbonyl (C=O) groups excluding carboxylic acids is 2. The van der Waals surface area contributed by atoms with E-state index < -0.39 is 34.7 Å². The van der Waals surface area contributed by atoms with Crippen molar-refractivity contribution in [3.05, 3.63) is 86.3 Å². The Labute approximate surface area is 197 Å². The number of aromatic nitrogens is 2. The van der Waals surface area contributed by atoms with Crippen molar-refractivity contribution in [3.8, 4) is 5.69 Å². The van der Waals surface area contributed by atoms with Gasteiger partial charge in [0.2, 0.25) is 5.43 Å². The molecule has 0 spiro atoms. The van der Waals surface area contributed by atoms with Gasteiger partial charge >= 0.3 is 6.18 Å². The van der Waals surface area contributed by atoms with E-state index in [1.165, 1.54) is 37.3 Å². The predicted molar refractivity (Wildman–Crippen MR) is 122 cm³/mol. The van der Waals surface area contributed by atoms with Gasteiger partial charge in [0.25, 0.3) is 11.8 Å². The molecule has 1 heterocycles. The SMILES string of the molecule is CCCNC(=O)c1ccc(Cl)cc1NC(=O)c1nn(-c2cccc(C(F)(F)F)c2)c(C)cc1=O. The molecule has 3 rings (SSSR count). The molecule has 11 heteroatoms. The zero-order valence-electron chi connectivity index (χ0n) is 18.2. The van der Waals surface area contributed by atoms with Crippen LogP contribution in [0.2, 0.25) is 5.02 Å². The van der Waals surface area contributed by atoms with Gasteiger partial charge in [0.05, 0.1) is 22.5 Å². The minimum Gasteiger partial charge on any atom is -0.352 e. The van der Waals surface area contributed by atoms with Gasteiger partial charge in [-0.1, -0.05) is 24.6 Å². The highest BCUT2D eigenvalue weighted by atomic mass is 35.5. The maximum absolute atomic E-state index is 13.1. The molecule has 0 aliphatic rings. The van der Waals surface area contributed by atoms with Crippen LogP contribution in [0.1, 0.15) is 45.4 Å². The average molecular weight is 493 g/mol. The smallest absolute Gasteiger partial charge is 0.352 e. The van der Waals surface area contributed by atoms with Gasteiger partial charge in [0, 0.05) is 23.3 Å². The van der Waals surface area contributed by atoms with E-state index in [0.29, 0.717) is 13.0 Å². The third kappa shape index (κ3) is 5.63. The quantitative estimate of drug-likeness (QED) is 0.525. The summed E-state index contributed by atoms with van der Waals surface area (Å²) in [5.74, 6) is -1.40. The summed E-state index contributed by atoms with van der Waals surface area (Å²) in [4.78, 5) is 37.8. The molecule has 0 saturated carbocycles. The lowest BCUT2D eigenvalue weighted by Gasteiger charge is -2.14. The molecule has 2 aromatic carbocycles. The molecule has 0 bridgehead atoms. The van der Waals surface area contributed by atoms with Gasteiger partial charge in [-0.2, -0.15) is 18.3 Å². The molecule has 0 unspecified atom stereocenters. The zero-order chi connectivity index (χ0) is 25.0. The summed E-state index contributed by atoms with van der Waals surface area (Å²) in [6.07, 6.45) is -3.88. The second kappa shape index (κ2) is 10.1. The Bertz CT molecular complexity index is 1310. The molecule has 2 N–H and O–H groups in total. The van der Waals surface area contributed by atoms with E-state index in [4.69, 9.17) is 11.6 Å². The Hall–Kier alpha value is -3.66. The molecule has 0 saturated heterocycles. The number of hydrogen-bond donors (Lipinski definition) is 2. The number of amides is 2. The topological polar surface area (TPSA) is 93.1 Å². The van der Waals surface area contributed by atoms with Crippen LogP contribution < -0.4 is 16.1 Å². The van der Waals surface area contributed by atoms with Crippen LogP contribution in [0.4, 0.5) is 18.9 Å². The molecule has 0 atom stereocenters. The maximum Gasteiger partial charge on any atom is 0.416 e. The number of aryl methyl sites for hydroxylation is 1. The second-order valence-electron chi connectivity index (χ2n) is 7.36. The fourth-order valence-corrected chi connectivity index (χ4v) is 3.29. The summed E-state index contributed by atoms with van der Waals surface area (Å²) in [6, 6.07) is 9.67. The average Bonchev–Trinajstić information content (AvgIpc) is 2.77. The summed E-state index contributed by atoms with van der Waals surface area (Å²) in [7, 11) is 0. The monoisotopic (exact) mass is 492 g/mol. The summed E-state index contributed by atoms with van der Waals surface area (Å²) in [5, 5.41) is 9.38. The number of alkyl halides is 3. The largest absolute Gasteiger partial charge is 0.416 e. The van der Waals surface area contributed by atoms with Crippen LogP contribution >= 0.6 is 11.6 Å². The van der Waals surface area contributed by atoms with Crippen molar-refractivity contribution < 1.29 is 22.8 Å². The van der Waals surface area contributed by atoms with Crippen LogP contribution in [-0.2, 0) is 6.18 Å². The van der Waals surface area contributed by atoms with Crippen LogP contribution in [-0.4, -0.2) is 28.1 Å². The number of halogens is 4. The fourth-order valence-electron chi connectivity index (χ4n) is 3.11. The van der Waals surface area contributed by atoms with E-state index in [9.17, 15) is 27.6 Å². The molecule has 0 aliphatic heterocycles. The molecule has 0 aliphatic carbocycles. The molecule has 7 nitrogen and oxygen atoms in total. The summed E-state index contributed by atoms with van der Waals surface area (Å²) >= 11 is 6.01. The van der Waals surface area contributed by atoms with E-state index >= 15 is 0 Å². The van der Waals surface area contributed by atoms with E-state index in [0.717, 1.165) is 22.9 Å². The maximum atomic E-state index is 13.1. The summed E-state index contributed by atoms with van der Waals surface area (Å²) < 4.78 is 40.4. The lowest BCUT2D eigenvalue weighted by atomic mass is 10.1. The Balaban J connectivity index is 2.00. The summed E-state index contributed by atoms with van der Waals surface area (Å²) in [6.45, 7) is 3.77. The van der Waals surface area contributed by atoms with Crippen LogP contribution in [0.25, 0.3) is 5.69 Å². The zero-order valence-corrected chi connectivity index (χ0v) is 18.9. The molecule has 3 aromatic rings. The Morgan fingerprint density at radius 1 is 1.09 bits per heavy atom. The van der Waals surface area contributed by atoms with Crippen molar-refractivity contribution in [2.45, 2.75) is 26.4 Å². The number of benzene rings is 2. The van der Waals surface area contributed by atoms with E-state index in [1.807, 2.05) is 6.92 Å². The first kappa shape index (κ1) is 25.0. The van der Waals surface area contributed by atoms with E-state index in [2.05, 4.69) is 15.7 Å². The number of carbonyl (C=O) groups is 2. The lowest BCUT2D eigenvalue weighted by molar-refractivity contribution is -0.137. The highest BCUT2D eigenvalue weighted by Crippen LogP contribution is 2.30. The first-order chi connectivity index (χ1) is 16.0. The van der Waals surface area contributed by atoms with Gasteiger partial charge in [-0.3, -0.25) is 14.4 Å². The Morgan fingerprint density at radius 2 is 1.82 bits per heavy atom. The minimum atomic E-state index is -4.58. The molecular weight excluding hydrogens is 473 g/mol. The highest BCUT2D eigenvalue weighted by molar-refractivity contribution is 6.31. The molecule has 2 amide bonds. The fraction of sp³-hybridized carbons (Fsp3) is 0.217. The first-order valence-electron chi connectivity index (χ1n) is 10.2. The van der Waals surface area contributed by atoms with E-state index in [-0.39, 0.29) is 27.7 Å². The predicted octanol–water partition coefficient (Wildman–Crippen LogP) is 4.61. The van der Waals surface area contributed by atoms with Crippen molar-refractivity contribution in [1.29, 1.82) is 0 Å². The molecule has 0 radical (unpaired) electrons. The van der Waals surface area contributed by atoms with Gasteiger partial charge in [-0.05, 0) is 49.7 Å². The lowest BCUT2D eigenvalue weighted by Crippen LogP contribution is -2.29. The van der Waals surface area contributed by atoms with E-state index in [1.54, 1.807) is 0 Å². The minimum absolute atomic E-state index is 0.0174. The van der Waals surface area contributed by atoms with Gasteiger partial charge in [-0.15, -0.1) is 0 Å². The summed E-state index contributed by atoms with van der Waals surface area (Å²) in [5.41, 5.74) is -1.79. The third-order valence-corrected chi connectivity index (χ3v) is 4.99. The molecule has 0 fully saturated rings. The van der Waals surface area contributed by atoms with Crippen molar-refractivity contribution in [2.75, 3.05) is 11.9 Å². The van der Waals surface area contributed by atoms with Gasteiger partial charge < -0.3 is 10.6 Å². The van der Waals surface area contributed by atoms with Crippen LogP contribution in [0, 0.1) is 6.92 Å². The molecular formula is C23H20ClF3N4O3. The number of anilines is 1. The van der Waals surface area contributed by atoms with Crippen molar-refractivity contribution in [1.82, 2.24) is 15.1 Å². The van der Waals surface area contributed by atoms with Crippen molar-refractivity contribution >= 4 is 29.1 Å². The van der Waals surface area contributed by atoms with Gasteiger partial charge in [0.1, 0.15) is 0 Å². The van der Waals surface area contributed by atoms with Crippen LogP contribution in [0.5, 0.6) is 0 Å². The third-order valence-electron chi connectivity index (χ3n) is 4.75. The Morgan fingerprint density at radius 3 is 2.50 bits per heavy atom. The number of nitrogens with one attached hydrogen (secondary N) is 2. The van der Waals surface area contributed by atoms with Crippen molar-refractivity contribution in [2.24, 2.45) is 0 Å². The number of hydrogen-bond acceptors (Lipinski definition) is 4. The van der Waals surface area contributed by atoms with Crippen LogP contribution in [0.3, 0.4) is 0 Å². The normalized spacial score (nSPS) is 11.2. The van der Waals surface area contributed by atoms with Gasteiger partial charge in [-0.25, -0.2) is 4.68 Å². The second-order valence-corrected chi connectivity index (χ2v) is 7.79. The molecule has 34 heavy (non-hydrogen) atoms. The number of rotatable bonds is 6. The van der Waals surface area contributed by atoms with Crippen LogP contribution in [0.15, 0.2) is 53.3 Å².